The van der Waals surface area contributed by atoms with Gasteiger partial charge in [0.15, 0.2) is 23.9 Å². The third-order valence-electron chi connectivity index (χ3n) is 3.41. The monoisotopic (exact) mass is 318 g/mol. The Labute approximate surface area is 135 Å². The number of nitrogens with zero attached hydrogens (tertiary/aromatic N) is 1. The van der Waals surface area contributed by atoms with E-state index in [1.807, 2.05) is 0 Å². The van der Waals surface area contributed by atoms with Gasteiger partial charge in [0.25, 0.3) is 0 Å². The average Bonchev–Trinajstić information content (AvgIpc) is 2.60. The number of benzene rings is 1. The van der Waals surface area contributed by atoms with Crippen LogP contribution in [0, 0.1) is 0 Å². The maximum absolute atomic E-state index is 12.5. The predicted octanol–water partition coefficient (Wildman–Crippen LogP) is 1.89. The van der Waals surface area contributed by atoms with E-state index in [1.165, 1.54) is 21.3 Å². The molecule has 0 unspecified atom stereocenters. The number of methoxy groups -OCH3 is 4. The van der Waals surface area contributed by atoms with Crippen LogP contribution in [0.2, 0.25) is 0 Å². The summed E-state index contributed by atoms with van der Waals surface area (Å²) < 4.78 is 22.7. The first kappa shape index (κ1) is 16.6. The largest absolute Gasteiger partial charge is 0.496 e. The molecule has 0 aliphatic carbocycles. The minimum atomic E-state index is -0.0700. The summed E-state index contributed by atoms with van der Waals surface area (Å²) in [5.41, 5.74) is 0.489. The second kappa shape index (κ2) is 7.49. The minimum absolute atomic E-state index is 0.0700. The van der Waals surface area contributed by atoms with E-state index in [2.05, 4.69) is 0 Å². The molecule has 0 radical (unpaired) electrons. The first-order valence-electron chi connectivity index (χ1n) is 6.99. The molecule has 122 valence electrons. The van der Waals surface area contributed by atoms with Gasteiger partial charge in [0.1, 0.15) is 5.75 Å². The normalized spacial score (nSPS) is 10.1. The highest BCUT2D eigenvalue weighted by Gasteiger charge is 2.19. The molecule has 6 heteroatoms. The van der Waals surface area contributed by atoms with E-state index in [4.69, 9.17) is 18.9 Å². The lowest BCUT2D eigenvalue weighted by molar-refractivity contribution is -0.683. The second-order valence-corrected chi connectivity index (χ2v) is 4.75. The number of ketones is 1. The fourth-order valence-electron chi connectivity index (χ4n) is 2.18. The molecule has 1 aromatic heterocycles. The second-order valence-electron chi connectivity index (χ2n) is 4.75. The van der Waals surface area contributed by atoms with Crippen molar-refractivity contribution in [3.05, 3.63) is 42.2 Å². The number of rotatable bonds is 7. The molecule has 23 heavy (non-hydrogen) atoms. The smallest absolute Gasteiger partial charge is 0.227 e. The summed E-state index contributed by atoms with van der Waals surface area (Å²) in [5, 5.41) is 0. The van der Waals surface area contributed by atoms with E-state index in [-0.39, 0.29) is 12.3 Å². The maximum Gasteiger partial charge on any atom is 0.227 e. The average molecular weight is 318 g/mol. The highest BCUT2D eigenvalue weighted by Crippen LogP contribution is 2.38. The number of pyridine rings is 1. The molecule has 6 nitrogen and oxygen atoms in total. The number of hydrogen-bond donors (Lipinski definition) is 0. The SMILES string of the molecule is COc1cc[n+](CC(=O)c2cc(OC)c(OC)c(OC)c2)cc1. The molecule has 0 saturated heterocycles. The van der Waals surface area contributed by atoms with Crippen molar-refractivity contribution in [1.29, 1.82) is 0 Å². The zero-order valence-electron chi connectivity index (χ0n) is 13.7. The van der Waals surface area contributed by atoms with Crippen LogP contribution in [-0.2, 0) is 6.54 Å². The summed E-state index contributed by atoms with van der Waals surface area (Å²) in [4.78, 5) is 12.5. The predicted molar refractivity (Wildman–Crippen MR) is 83.6 cm³/mol. The molecule has 1 aromatic carbocycles. The van der Waals surface area contributed by atoms with Gasteiger partial charge in [0.05, 0.1) is 28.4 Å². The van der Waals surface area contributed by atoms with Crippen molar-refractivity contribution < 1.29 is 28.3 Å². The molecule has 0 amide bonds. The van der Waals surface area contributed by atoms with E-state index >= 15 is 0 Å². The molecule has 0 N–H and O–H groups in total. The molecule has 0 aliphatic heterocycles. The van der Waals surface area contributed by atoms with Gasteiger partial charge in [-0.3, -0.25) is 4.79 Å². The van der Waals surface area contributed by atoms with Crippen molar-refractivity contribution in [3.63, 3.8) is 0 Å². The van der Waals surface area contributed by atoms with E-state index in [1.54, 1.807) is 48.3 Å². The summed E-state index contributed by atoms with van der Waals surface area (Å²) >= 11 is 0. The fourth-order valence-corrected chi connectivity index (χ4v) is 2.18. The molecule has 0 aliphatic rings. The van der Waals surface area contributed by atoms with Crippen molar-refractivity contribution in [2.45, 2.75) is 6.54 Å². The van der Waals surface area contributed by atoms with E-state index in [0.717, 1.165) is 5.75 Å². The van der Waals surface area contributed by atoms with Gasteiger partial charge >= 0.3 is 0 Å². The fraction of sp³-hybridized carbons (Fsp3) is 0.294. The Balaban J connectivity index is 2.27. The van der Waals surface area contributed by atoms with Gasteiger partial charge in [0, 0.05) is 17.7 Å². The standard InChI is InChI=1S/C17H20NO5/c1-20-13-5-7-18(8-6-13)11-14(19)12-9-15(21-2)17(23-4)16(10-12)22-3/h5-10H,11H2,1-4H3/q+1. The van der Waals surface area contributed by atoms with Crippen LogP contribution < -0.4 is 23.5 Å². The Morgan fingerprint density at radius 2 is 1.48 bits per heavy atom. The third kappa shape index (κ3) is 3.71. The molecule has 0 spiro atoms. The maximum atomic E-state index is 12.5. The van der Waals surface area contributed by atoms with Crippen molar-refractivity contribution in [2.24, 2.45) is 0 Å². The molecule has 2 aromatic rings. The van der Waals surface area contributed by atoms with Crippen LogP contribution in [0.3, 0.4) is 0 Å². The lowest BCUT2D eigenvalue weighted by Gasteiger charge is -2.13. The molecular weight excluding hydrogens is 298 g/mol. The quantitative estimate of drug-likeness (QED) is 0.576. The topological polar surface area (TPSA) is 57.9 Å². The highest BCUT2D eigenvalue weighted by atomic mass is 16.5. The Morgan fingerprint density at radius 1 is 0.913 bits per heavy atom. The number of carbonyl (C=O) groups is 1. The van der Waals surface area contributed by atoms with Crippen LogP contribution in [0.4, 0.5) is 0 Å². The summed E-state index contributed by atoms with van der Waals surface area (Å²) in [6.07, 6.45) is 3.57. The van der Waals surface area contributed by atoms with Crippen molar-refractivity contribution in [1.82, 2.24) is 0 Å². The number of aromatic nitrogens is 1. The lowest BCUT2D eigenvalue weighted by atomic mass is 10.1. The molecule has 2 rings (SSSR count). The van der Waals surface area contributed by atoms with Crippen molar-refractivity contribution in [3.8, 4) is 23.0 Å². The first-order valence-corrected chi connectivity index (χ1v) is 6.99. The minimum Gasteiger partial charge on any atom is -0.496 e. The Kier molecular flexibility index (Phi) is 5.41. The number of hydrogen-bond acceptors (Lipinski definition) is 5. The lowest BCUT2D eigenvalue weighted by Crippen LogP contribution is -2.37. The van der Waals surface area contributed by atoms with Crippen LogP contribution >= 0.6 is 0 Å². The molecular formula is C17H20NO5+. The molecule has 0 saturated carbocycles. The van der Waals surface area contributed by atoms with Gasteiger partial charge in [-0.1, -0.05) is 0 Å². The summed E-state index contributed by atoms with van der Waals surface area (Å²) in [5.74, 6) is 2.04. The Morgan fingerprint density at radius 3 is 1.91 bits per heavy atom. The van der Waals surface area contributed by atoms with Gasteiger partial charge in [-0.05, 0) is 12.1 Å². The van der Waals surface area contributed by atoms with E-state index in [0.29, 0.717) is 22.8 Å². The van der Waals surface area contributed by atoms with E-state index in [9.17, 15) is 4.79 Å². The van der Waals surface area contributed by atoms with Crippen LogP contribution in [0.25, 0.3) is 0 Å². The van der Waals surface area contributed by atoms with Gasteiger partial charge < -0.3 is 18.9 Å². The van der Waals surface area contributed by atoms with Gasteiger partial charge in [-0.2, -0.15) is 4.57 Å². The first-order chi connectivity index (χ1) is 11.1. The van der Waals surface area contributed by atoms with Crippen LogP contribution in [0.5, 0.6) is 23.0 Å². The third-order valence-corrected chi connectivity index (χ3v) is 3.41. The van der Waals surface area contributed by atoms with Crippen molar-refractivity contribution in [2.75, 3.05) is 28.4 Å². The molecule has 1 heterocycles. The molecule has 0 atom stereocenters. The zero-order chi connectivity index (χ0) is 16.8. The zero-order valence-corrected chi connectivity index (χ0v) is 13.7. The number of Topliss-reactive ketones (excluding diaryl/α,β-unsaturated/α-hetero) is 1. The summed E-state index contributed by atoms with van der Waals surface area (Å²) in [6, 6.07) is 6.88. The Hall–Kier alpha value is -2.76. The van der Waals surface area contributed by atoms with Gasteiger partial charge in [0.2, 0.25) is 18.1 Å². The van der Waals surface area contributed by atoms with E-state index < -0.39 is 0 Å². The Bertz CT molecular complexity index is 657. The van der Waals surface area contributed by atoms with Crippen LogP contribution in [-0.4, -0.2) is 34.2 Å². The summed E-state index contributed by atoms with van der Waals surface area (Å²) in [6.45, 7) is 0.197. The molecule has 0 bridgehead atoms. The number of ether oxygens (including phenoxy) is 4. The highest BCUT2D eigenvalue weighted by molar-refractivity contribution is 5.96. The molecule has 0 fully saturated rings. The van der Waals surface area contributed by atoms with Crippen molar-refractivity contribution >= 4 is 5.78 Å². The van der Waals surface area contributed by atoms with Gasteiger partial charge in [-0.25, -0.2) is 0 Å². The van der Waals surface area contributed by atoms with Gasteiger partial charge in [-0.15, -0.1) is 0 Å². The summed E-state index contributed by atoms with van der Waals surface area (Å²) in [7, 11) is 6.16. The number of carbonyl (C=O) groups excluding carboxylic acids is 1. The van der Waals surface area contributed by atoms with Crippen LogP contribution in [0.15, 0.2) is 36.7 Å². The van der Waals surface area contributed by atoms with Crippen LogP contribution in [0.1, 0.15) is 10.4 Å².